The van der Waals surface area contributed by atoms with Crippen LogP contribution in [0.25, 0.3) is 0 Å². The van der Waals surface area contributed by atoms with Crippen molar-refractivity contribution in [1.82, 2.24) is 0 Å². The van der Waals surface area contributed by atoms with Crippen LogP contribution in [-0.2, 0) is 0 Å². The molecule has 0 aliphatic heterocycles. The number of fused-ring (bicyclic) bond motifs is 6. The van der Waals surface area contributed by atoms with Gasteiger partial charge in [0.05, 0.1) is 0 Å². The Morgan fingerprint density at radius 2 is 0.415 bits per heavy atom. The molecule has 0 aromatic rings. The van der Waals surface area contributed by atoms with Gasteiger partial charge in [0.15, 0.2) is 0 Å². The second-order valence-corrected chi connectivity index (χ2v) is 49.1. The first-order valence-corrected chi connectivity index (χ1v) is 52.5. The predicted molar refractivity (Wildman–Crippen MR) is 440 cm³/mol. The van der Waals surface area contributed by atoms with Crippen LogP contribution in [0.15, 0.2) is 0 Å². The lowest BCUT2D eigenvalue weighted by atomic mass is 9.01. The van der Waals surface area contributed by atoms with Crippen LogP contribution >= 0.6 is 0 Å². The Morgan fingerprint density at radius 1 is 0.132 bits per heavy atom. The molecular formula is C106H168. The van der Waals surface area contributed by atoms with E-state index in [0.29, 0.717) is 0 Å². The Morgan fingerprint density at radius 3 is 0.764 bits per heavy atom. The van der Waals surface area contributed by atoms with Gasteiger partial charge in [0.1, 0.15) is 0 Å². The summed E-state index contributed by atoms with van der Waals surface area (Å²) in [4.78, 5) is 0. The van der Waals surface area contributed by atoms with Crippen LogP contribution in [0.1, 0.15) is 405 Å². The summed E-state index contributed by atoms with van der Waals surface area (Å²) in [5, 5.41) is 0. The molecule has 106 heavy (non-hydrogen) atoms. The molecule has 41 aliphatic rings. The minimum Gasteiger partial charge on any atom is -0.0533 e. The maximum Gasteiger partial charge on any atom is -0.0266 e. The van der Waals surface area contributed by atoms with E-state index in [9.17, 15) is 0 Å². The van der Waals surface area contributed by atoms with Gasteiger partial charge in [0, 0.05) is 0 Å². The van der Waals surface area contributed by atoms with Crippen LogP contribution in [-0.4, -0.2) is 0 Å². The molecule has 0 heterocycles. The SMILES string of the molecule is C12C3C4C1C1C2C3C41.C1C2C3CC4C5CC3C1C5C24.C1C2CC3C1C3C2.C1C2CC3CC1CC(C2)C3.C1C2CC3CC1CC3C2.C1CC2C3C(C1)C23.C1CC2C3C1C23.C1CC2CC3CCCC3(C1)C2.C1CCC2C3CCC2C(C1)C3.C1CCCC1.C1CCCCC1.C1CCCCCC1.C1CCCCCCC1. The summed E-state index contributed by atoms with van der Waals surface area (Å²) in [6, 6.07) is 0. The summed E-state index contributed by atoms with van der Waals surface area (Å²) in [7, 11) is 0. The topological polar surface area (TPSA) is 0 Å². The van der Waals surface area contributed by atoms with E-state index in [0.717, 1.165) is 11.3 Å². The average molecular weight is 1440 g/mol. The first-order valence-electron chi connectivity index (χ1n) is 52.5. The van der Waals surface area contributed by atoms with E-state index in [1.807, 2.05) is 0 Å². The zero-order valence-electron chi connectivity index (χ0n) is 69.3. The Hall–Kier alpha value is 0. The molecule has 0 aromatic heterocycles. The molecule has 1 spiro atoms. The van der Waals surface area contributed by atoms with Gasteiger partial charge >= 0.3 is 0 Å². The highest BCUT2D eigenvalue weighted by molar-refractivity contribution is 5.44. The van der Waals surface area contributed by atoms with E-state index in [1.165, 1.54) is 410 Å². The molecule has 41 fully saturated rings. The zero-order valence-corrected chi connectivity index (χ0v) is 69.3. The van der Waals surface area contributed by atoms with Gasteiger partial charge in [-0.2, -0.15) is 0 Å². The summed E-state index contributed by atoms with van der Waals surface area (Å²) in [6.07, 6.45) is 98.3. The van der Waals surface area contributed by atoms with Crippen molar-refractivity contribution in [3.05, 3.63) is 0 Å². The van der Waals surface area contributed by atoms with Crippen LogP contribution in [0, 0.1) is 254 Å². The highest BCUT2D eigenvalue weighted by atomic mass is 15.0. The summed E-state index contributed by atoms with van der Waals surface area (Å²) < 4.78 is 0. The lowest BCUT2D eigenvalue weighted by Gasteiger charge is -3.03. The highest BCUT2D eigenvalue weighted by Gasteiger charge is 2.98. The van der Waals surface area contributed by atoms with Crippen molar-refractivity contribution >= 4 is 0 Å². The maximum atomic E-state index is 1.68. The summed E-state index contributed by atoms with van der Waals surface area (Å²) >= 11 is 0. The fourth-order valence-electron chi connectivity index (χ4n) is 40.7. The highest BCUT2D eigenvalue weighted by Crippen LogP contribution is 3.01. The molecule has 0 radical (unpaired) electrons. The smallest absolute Gasteiger partial charge is 0.0266 e. The molecular weight excluding hydrogens is 1270 g/mol. The van der Waals surface area contributed by atoms with Gasteiger partial charge < -0.3 is 0 Å². The fourth-order valence-corrected chi connectivity index (χ4v) is 40.7. The number of hydrogen-bond donors (Lipinski definition) is 0. The van der Waals surface area contributed by atoms with Crippen molar-refractivity contribution in [2.24, 2.45) is 254 Å². The van der Waals surface area contributed by atoms with Gasteiger partial charge in [0.25, 0.3) is 0 Å². The van der Waals surface area contributed by atoms with Gasteiger partial charge in [-0.25, -0.2) is 0 Å². The second kappa shape index (κ2) is 29.9. The Kier molecular flexibility index (Phi) is 20.1. The third kappa shape index (κ3) is 12.9. The van der Waals surface area contributed by atoms with E-state index < -0.39 is 0 Å². The van der Waals surface area contributed by atoms with Gasteiger partial charge in [-0.05, 0) is 447 Å². The third-order valence-corrected chi connectivity index (χ3v) is 44.8. The molecule has 0 N–H and O–H groups in total. The summed E-state index contributed by atoms with van der Waals surface area (Å²) in [5.74, 6) is 52.6. The lowest BCUT2D eigenvalue weighted by molar-refractivity contribution is -0.565. The monoisotopic (exact) mass is 1440 g/mol. The van der Waals surface area contributed by atoms with E-state index in [2.05, 4.69) is 0 Å². The van der Waals surface area contributed by atoms with Crippen molar-refractivity contribution in [1.29, 1.82) is 0 Å². The van der Waals surface area contributed by atoms with E-state index >= 15 is 0 Å². The largest absolute Gasteiger partial charge is 0.0533 e. The lowest BCUT2D eigenvalue weighted by Crippen LogP contribution is -3.00. The quantitative estimate of drug-likeness (QED) is 0.212. The van der Waals surface area contributed by atoms with Crippen LogP contribution < -0.4 is 0 Å². The van der Waals surface area contributed by atoms with Crippen LogP contribution in [0.3, 0.4) is 0 Å². The number of hydrogen-bond acceptors (Lipinski definition) is 0. The Labute approximate surface area is 654 Å². The zero-order chi connectivity index (χ0) is 69.3. The van der Waals surface area contributed by atoms with Gasteiger partial charge in [-0.1, -0.05) is 212 Å². The van der Waals surface area contributed by atoms with Gasteiger partial charge in [0.2, 0.25) is 0 Å². The minimum absolute atomic E-state index is 0.906. The van der Waals surface area contributed by atoms with E-state index in [4.69, 9.17) is 0 Å². The molecule has 15 unspecified atom stereocenters. The standard InChI is InChI=1S/C11H14.2C11H18.C10H16.C9H14.C8H8.C8H16.2C7H10.C7H14.C6H8.C6H12.C5H10/c1-4-5-2-9-8(1)10-6(4)3-7(5)11(9)10;1-3-9-7-10-4-2-6-11(10,5-1)8-9;1-2-4-10-9-5-6-11(10)8(3-1)7-9;1-7-2-9-4-8(1)5-10(3-7)6-9;1-6-2-8-4-7(1)5-9(8)3-6;1-2-5-3(1)7-4(1)6(2)8(5)7;1-2-4-6-8-7-5-3-1;1-4-2-6-5(1)7(6)3-4;1-2-4-6-5(3-1)7(4)6;1-2-4-6-7-5-3-1;1-2-4-5-3(1)6(4)5;1-2-4-6-5-3-1;1-2-4-5-3-1/h4-11H,1-3H2;9-10H,1-8H2;8-11H,1-7H2;7-10H,1-6H2;6-9H,1-5H2;1-8H;1-8H2;2*4-7H,1-3H2;1-7H2;3-6H,1-2H2;1-6H2;1-5H2. The molecule has 41 rings (SSSR count). The molecule has 41 aliphatic carbocycles. The molecule has 0 heteroatoms. The summed E-state index contributed by atoms with van der Waals surface area (Å²) in [5.41, 5.74) is 0.906. The van der Waals surface area contributed by atoms with Gasteiger partial charge in [-0.3, -0.25) is 0 Å². The fraction of sp³-hybridized carbons (Fsp3) is 1.00. The van der Waals surface area contributed by atoms with E-state index in [1.54, 1.807) is 238 Å². The second-order valence-electron chi connectivity index (χ2n) is 49.1. The Bertz CT molecular complexity index is 2540. The van der Waals surface area contributed by atoms with Crippen molar-refractivity contribution < 1.29 is 0 Å². The average Bonchev–Trinajstić information content (AvgIpc) is 0.971. The van der Waals surface area contributed by atoms with Crippen molar-refractivity contribution in [3.8, 4) is 0 Å². The van der Waals surface area contributed by atoms with Crippen LogP contribution in [0.5, 0.6) is 0 Å². The normalized spacial score (nSPS) is 58.9. The van der Waals surface area contributed by atoms with Gasteiger partial charge in [-0.15, -0.1) is 0 Å². The first-order chi connectivity index (χ1) is 52.5. The van der Waals surface area contributed by atoms with Crippen LogP contribution in [0.4, 0.5) is 0 Å². The predicted octanol–water partition coefficient (Wildman–Crippen LogP) is 29.7. The molecule has 15 atom stereocenters. The first kappa shape index (κ1) is 71.3. The van der Waals surface area contributed by atoms with Crippen molar-refractivity contribution in [2.45, 2.75) is 405 Å². The Balaban J connectivity index is 0.0000000702. The van der Waals surface area contributed by atoms with E-state index in [-0.39, 0.29) is 0 Å². The molecule has 0 saturated heterocycles. The van der Waals surface area contributed by atoms with Crippen molar-refractivity contribution in [3.63, 3.8) is 0 Å². The molecule has 24 bridgehead atoms. The molecule has 0 amide bonds. The maximum absolute atomic E-state index is 1.68. The van der Waals surface area contributed by atoms with Crippen LogP contribution in [0.2, 0.25) is 0 Å². The molecule has 592 valence electrons. The van der Waals surface area contributed by atoms with Crippen molar-refractivity contribution in [2.75, 3.05) is 0 Å². The molecule has 0 aromatic carbocycles. The molecule has 41 saturated carbocycles. The minimum atomic E-state index is 0.906. The third-order valence-electron chi connectivity index (χ3n) is 44.8. The molecule has 0 nitrogen and oxygen atoms in total. The number of rotatable bonds is 0. The summed E-state index contributed by atoms with van der Waals surface area (Å²) in [6.45, 7) is 0.